The SMILES string of the molecule is O=C(O)c1ccc(Cl)c(N=Cc2ccc(-c3cccc(F)c3)o2)c1. The third kappa shape index (κ3) is 3.52. The normalized spacial score (nSPS) is 11.1. The van der Waals surface area contributed by atoms with E-state index in [4.69, 9.17) is 21.1 Å². The molecule has 120 valence electrons. The van der Waals surface area contributed by atoms with Gasteiger partial charge in [0.05, 0.1) is 22.5 Å². The number of nitrogens with zero attached hydrogens (tertiary/aromatic N) is 1. The maximum absolute atomic E-state index is 13.2. The maximum Gasteiger partial charge on any atom is 0.335 e. The van der Waals surface area contributed by atoms with Crippen LogP contribution >= 0.6 is 11.6 Å². The fourth-order valence-electron chi connectivity index (χ4n) is 2.10. The van der Waals surface area contributed by atoms with Crippen molar-refractivity contribution in [1.29, 1.82) is 0 Å². The van der Waals surface area contributed by atoms with Gasteiger partial charge < -0.3 is 9.52 Å². The first-order chi connectivity index (χ1) is 11.5. The summed E-state index contributed by atoms with van der Waals surface area (Å²) < 4.78 is 18.8. The Kier molecular flexibility index (Phi) is 4.44. The number of hydrogen-bond acceptors (Lipinski definition) is 3. The van der Waals surface area contributed by atoms with Gasteiger partial charge in [0.25, 0.3) is 0 Å². The number of hydrogen-bond donors (Lipinski definition) is 1. The molecule has 1 N–H and O–H groups in total. The number of benzene rings is 2. The lowest BCUT2D eigenvalue weighted by atomic mass is 10.2. The molecule has 24 heavy (non-hydrogen) atoms. The van der Waals surface area contributed by atoms with E-state index in [9.17, 15) is 9.18 Å². The molecule has 0 fully saturated rings. The first-order valence-electron chi connectivity index (χ1n) is 6.95. The highest BCUT2D eigenvalue weighted by molar-refractivity contribution is 6.33. The number of aromatic carboxylic acids is 1. The second-order valence-corrected chi connectivity index (χ2v) is 5.35. The van der Waals surface area contributed by atoms with Crippen molar-refractivity contribution in [3.05, 3.63) is 76.8 Å². The number of aliphatic imine (C=N–C) groups is 1. The first-order valence-corrected chi connectivity index (χ1v) is 7.33. The average molecular weight is 344 g/mol. The molecule has 0 spiro atoms. The van der Waals surface area contributed by atoms with Crippen LogP contribution in [0, 0.1) is 5.82 Å². The van der Waals surface area contributed by atoms with Gasteiger partial charge in [-0.05, 0) is 42.5 Å². The Morgan fingerprint density at radius 2 is 2.00 bits per heavy atom. The molecule has 0 aliphatic heterocycles. The molecule has 2 aromatic carbocycles. The highest BCUT2D eigenvalue weighted by Crippen LogP contribution is 2.27. The van der Waals surface area contributed by atoms with Gasteiger partial charge in [-0.3, -0.25) is 4.99 Å². The lowest BCUT2D eigenvalue weighted by molar-refractivity contribution is 0.0697. The predicted octanol–water partition coefficient (Wildman–Crippen LogP) is 5.19. The van der Waals surface area contributed by atoms with Crippen molar-refractivity contribution in [3.63, 3.8) is 0 Å². The monoisotopic (exact) mass is 343 g/mol. The van der Waals surface area contributed by atoms with Crippen molar-refractivity contribution < 1.29 is 18.7 Å². The fraction of sp³-hybridized carbons (Fsp3) is 0. The zero-order valence-corrected chi connectivity index (χ0v) is 13.0. The van der Waals surface area contributed by atoms with Gasteiger partial charge in [0, 0.05) is 5.56 Å². The Labute approximate surface area is 141 Å². The minimum absolute atomic E-state index is 0.0893. The highest BCUT2D eigenvalue weighted by Gasteiger charge is 2.07. The first kappa shape index (κ1) is 16.0. The number of carbonyl (C=O) groups is 1. The maximum atomic E-state index is 13.2. The minimum atomic E-state index is -1.06. The molecule has 0 radical (unpaired) electrons. The Balaban J connectivity index is 1.86. The van der Waals surface area contributed by atoms with Crippen LogP contribution in [0.15, 0.2) is 64.0 Å². The quantitative estimate of drug-likeness (QED) is 0.663. The second kappa shape index (κ2) is 6.68. The van der Waals surface area contributed by atoms with Crippen molar-refractivity contribution in [3.8, 4) is 11.3 Å². The molecule has 0 unspecified atom stereocenters. The number of carboxylic acid groups (broad SMARTS) is 1. The van der Waals surface area contributed by atoms with Gasteiger partial charge in [-0.1, -0.05) is 23.7 Å². The average Bonchev–Trinajstić information content (AvgIpc) is 3.03. The topological polar surface area (TPSA) is 62.8 Å². The van der Waals surface area contributed by atoms with E-state index in [1.807, 2.05) is 0 Å². The molecule has 1 aromatic heterocycles. The summed E-state index contributed by atoms with van der Waals surface area (Å²) in [5.41, 5.74) is 1.02. The van der Waals surface area contributed by atoms with E-state index >= 15 is 0 Å². The molecule has 0 saturated heterocycles. The van der Waals surface area contributed by atoms with Gasteiger partial charge in [0.2, 0.25) is 0 Å². The third-order valence-corrected chi connectivity index (χ3v) is 3.58. The lowest BCUT2D eigenvalue weighted by Crippen LogP contribution is -1.94. The van der Waals surface area contributed by atoms with Gasteiger partial charge in [0.15, 0.2) is 0 Å². The molecule has 0 aliphatic rings. The summed E-state index contributed by atoms with van der Waals surface area (Å²) in [6, 6.07) is 13.7. The van der Waals surface area contributed by atoms with Crippen molar-refractivity contribution in [1.82, 2.24) is 0 Å². The van der Waals surface area contributed by atoms with Crippen LogP contribution in [0.25, 0.3) is 11.3 Å². The van der Waals surface area contributed by atoms with E-state index in [1.165, 1.54) is 36.5 Å². The fourth-order valence-corrected chi connectivity index (χ4v) is 2.26. The zero-order chi connectivity index (χ0) is 17.1. The van der Waals surface area contributed by atoms with Gasteiger partial charge in [-0.25, -0.2) is 9.18 Å². The van der Waals surface area contributed by atoms with Crippen LogP contribution in [-0.4, -0.2) is 17.3 Å². The predicted molar refractivity (Wildman–Crippen MR) is 89.8 cm³/mol. The summed E-state index contributed by atoms with van der Waals surface area (Å²) in [6.07, 6.45) is 1.43. The van der Waals surface area contributed by atoms with E-state index in [2.05, 4.69) is 4.99 Å². The van der Waals surface area contributed by atoms with Gasteiger partial charge >= 0.3 is 5.97 Å². The van der Waals surface area contributed by atoms with E-state index in [0.29, 0.717) is 27.8 Å². The van der Waals surface area contributed by atoms with Crippen LogP contribution in [0.5, 0.6) is 0 Å². The molecule has 3 rings (SSSR count). The third-order valence-electron chi connectivity index (χ3n) is 3.26. The van der Waals surface area contributed by atoms with Gasteiger partial charge in [-0.15, -0.1) is 0 Å². The largest absolute Gasteiger partial charge is 0.478 e. The Bertz CT molecular complexity index is 934. The summed E-state index contributed by atoms with van der Waals surface area (Å²) in [4.78, 5) is 15.1. The summed E-state index contributed by atoms with van der Waals surface area (Å²) >= 11 is 6.01. The van der Waals surface area contributed by atoms with Crippen molar-refractivity contribution in [2.45, 2.75) is 0 Å². The Morgan fingerprint density at radius 3 is 2.75 bits per heavy atom. The summed E-state index contributed by atoms with van der Waals surface area (Å²) in [5, 5.41) is 9.32. The van der Waals surface area contributed by atoms with Crippen molar-refractivity contribution in [2.24, 2.45) is 4.99 Å². The molecular formula is C18H11ClFNO3. The van der Waals surface area contributed by atoms with Crippen LogP contribution in [-0.2, 0) is 0 Å². The smallest absolute Gasteiger partial charge is 0.335 e. The molecule has 0 aliphatic carbocycles. The Hall–Kier alpha value is -2.92. The number of halogens is 2. The van der Waals surface area contributed by atoms with Crippen LogP contribution in [0.4, 0.5) is 10.1 Å². The highest BCUT2D eigenvalue weighted by atomic mass is 35.5. The summed E-state index contributed by atoms with van der Waals surface area (Å²) in [7, 11) is 0. The zero-order valence-electron chi connectivity index (χ0n) is 12.2. The molecule has 6 heteroatoms. The van der Waals surface area contributed by atoms with E-state index < -0.39 is 5.97 Å². The molecular weight excluding hydrogens is 333 g/mol. The van der Waals surface area contributed by atoms with Gasteiger partial charge in [0.1, 0.15) is 17.3 Å². The molecule has 3 aromatic rings. The molecule has 0 saturated carbocycles. The van der Waals surface area contributed by atoms with Crippen LogP contribution in [0.3, 0.4) is 0 Å². The minimum Gasteiger partial charge on any atom is -0.478 e. The molecule has 0 amide bonds. The molecule has 1 heterocycles. The van der Waals surface area contributed by atoms with Crippen LogP contribution < -0.4 is 0 Å². The summed E-state index contributed by atoms with van der Waals surface area (Å²) in [6.45, 7) is 0. The Morgan fingerprint density at radius 1 is 1.17 bits per heavy atom. The number of carboxylic acids is 1. The number of furan rings is 1. The number of rotatable bonds is 4. The second-order valence-electron chi connectivity index (χ2n) is 4.94. The van der Waals surface area contributed by atoms with E-state index in [0.717, 1.165) is 0 Å². The van der Waals surface area contributed by atoms with Crippen LogP contribution in [0.2, 0.25) is 5.02 Å². The van der Waals surface area contributed by atoms with E-state index in [1.54, 1.807) is 24.3 Å². The molecule has 0 bridgehead atoms. The summed E-state index contributed by atoms with van der Waals surface area (Å²) in [5.74, 6) is -0.474. The van der Waals surface area contributed by atoms with E-state index in [-0.39, 0.29) is 11.4 Å². The molecule has 4 nitrogen and oxygen atoms in total. The van der Waals surface area contributed by atoms with Crippen molar-refractivity contribution >= 4 is 29.5 Å². The van der Waals surface area contributed by atoms with Gasteiger partial charge in [-0.2, -0.15) is 0 Å². The molecule has 0 atom stereocenters. The van der Waals surface area contributed by atoms with Crippen molar-refractivity contribution in [2.75, 3.05) is 0 Å². The lowest BCUT2D eigenvalue weighted by Gasteiger charge is -1.99. The standard InChI is InChI=1S/C18H11ClFNO3/c19-15-6-4-12(18(22)23)9-16(15)21-10-14-5-7-17(24-14)11-2-1-3-13(20)8-11/h1-10H,(H,22,23). The van der Waals surface area contributed by atoms with Crippen LogP contribution in [0.1, 0.15) is 16.1 Å².